The third-order valence-corrected chi connectivity index (χ3v) is 6.75. The van der Waals surface area contributed by atoms with Crippen LogP contribution in [0.3, 0.4) is 0 Å². The Hall–Kier alpha value is -1.32. The molecule has 0 aliphatic heterocycles. The van der Waals surface area contributed by atoms with E-state index < -0.39 is 17.5 Å². The maximum Gasteiger partial charge on any atom is 0.194 e. The number of aryl methyl sites for hydroxylation is 1. The highest BCUT2D eigenvalue weighted by Crippen LogP contribution is 2.45. The molecule has 0 radical (unpaired) electrons. The smallest absolute Gasteiger partial charge is 0.194 e. The molecule has 1 aromatic rings. The molecule has 0 N–H and O–H groups in total. The van der Waals surface area contributed by atoms with Crippen LogP contribution in [0.1, 0.15) is 74.8 Å². The first-order chi connectivity index (χ1) is 13.0. The van der Waals surface area contributed by atoms with E-state index in [0.717, 1.165) is 31.7 Å². The van der Waals surface area contributed by atoms with Crippen molar-refractivity contribution in [3.8, 4) is 0 Å². The first kappa shape index (κ1) is 20.4. The van der Waals surface area contributed by atoms with E-state index >= 15 is 0 Å². The maximum absolute atomic E-state index is 14.3. The summed E-state index contributed by atoms with van der Waals surface area (Å²) in [6.07, 6.45) is 13.2. The van der Waals surface area contributed by atoms with Gasteiger partial charge in [0.15, 0.2) is 17.5 Å². The Morgan fingerprint density at radius 1 is 0.889 bits per heavy atom. The Labute approximate surface area is 160 Å². The summed E-state index contributed by atoms with van der Waals surface area (Å²) in [5, 5.41) is 0. The van der Waals surface area contributed by atoms with Crippen molar-refractivity contribution in [2.45, 2.75) is 70.6 Å². The van der Waals surface area contributed by atoms with Crippen molar-refractivity contribution in [2.75, 3.05) is 6.67 Å². The zero-order valence-corrected chi connectivity index (χ0v) is 16.1. The van der Waals surface area contributed by atoms with Crippen LogP contribution in [0.2, 0.25) is 0 Å². The van der Waals surface area contributed by atoms with Gasteiger partial charge < -0.3 is 0 Å². The average Bonchev–Trinajstić information content (AvgIpc) is 2.68. The summed E-state index contributed by atoms with van der Waals surface area (Å²) in [5.74, 6) is -1.47. The Kier molecular flexibility index (Phi) is 6.99. The molecule has 2 fully saturated rings. The van der Waals surface area contributed by atoms with Gasteiger partial charge in [0, 0.05) is 0 Å². The third-order valence-electron chi connectivity index (χ3n) is 6.75. The van der Waals surface area contributed by atoms with Crippen molar-refractivity contribution >= 4 is 0 Å². The van der Waals surface area contributed by atoms with Gasteiger partial charge in [-0.25, -0.2) is 13.2 Å². The summed E-state index contributed by atoms with van der Waals surface area (Å²) < 4.78 is 53.5. The Bertz CT molecular complexity index is 651. The monoisotopic (exact) mass is 382 g/mol. The summed E-state index contributed by atoms with van der Waals surface area (Å²) in [6.45, 7) is 1.39. The predicted molar refractivity (Wildman–Crippen MR) is 101 cm³/mol. The van der Waals surface area contributed by atoms with Crippen LogP contribution in [-0.4, -0.2) is 6.67 Å². The molecule has 0 saturated heterocycles. The number of hydrogen-bond acceptors (Lipinski definition) is 0. The second kappa shape index (κ2) is 9.25. The number of hydrogen-bond donors (Lipinski definition) is 0. The van der Waals surface area contributed by atoms with Gasteiger partial charge in [-0.3, -0.25) is 4.39 Å². The molecule has 2 aliphatic carbocycles. The van der Waals surface area contributed by atoms with E-state index in [2.05, 4.69) is 6.08 Å². The minimum absolute atomic E-state index is 0.00340. The van der Waals surface area contributed by atoms with E-state index in [9.17, 15) is 17.6 Å². The van der Waals surface area contributed by atoms with Gasteiger partial charge in [-0.2, -0.15) is 0 Å². The van der Waals surface area contributed by atoms with E-state index in [1.807, 2.05) is 6.08 Å². The average molecular weight is 382 g/mol. The SMILES string of the molecule is Cc1cc(F)c(F)c(F)c1C1CCC([C@H]2CC[C@H](/C=C/CCF)CC2)CC1. The fourth-order valence-electron chi connectivity index (χ4n) is 5.27. The van der Waals surface area contributed by atoms with Gasteiger partial charge in [-0.05, 0) is 106 Å². The lowest BCUT2D eigenvalue weighted by atomic mass is 9.68. The summed E-state index contributed by atoms with van der Waals surface area (Å²) in [6, 6.07) is 1.12. The van der Waals surface area contributed by atoms with Crippen LogP contribution in [-0.2, 0) is 0 Å². The van der Waals surface area contributed by atoms with Crippen molar-refractivity contribution in [3.05, 3.63) is 46.8 Å². The molecule has 0 amide bonds. The molecule has 0 aromatic heterocycles. The zero-order chi connectivity index (χ0) is 19.4. The topological polar surface area (TPSA) is 0 Å². The molecule has 0 atom stereocenters. The van der Waals surface area contributed by atoms with Crippen molar-refractivity contribution in [1.82, 2.24) is 0 Å². The lowest BCUT2D eigenvalue weighted by Crippen LogP contribution is -2.25. The number of rotatable bonds is 5. The van der Waals surface area contributed by atoms with E-state index in [0.29, 0.717) is 35.3 Å². The Balaban J connectivity index is 1.54. The molecule has 0 unspecified atom stereocenters. The highest BCUT2D eigenvalue weighted by Gasteiger charge is 2.33. The Morgan fingerprint density at radius 2 is 1.48 bits per heavy atom. The summed E-state index contributed by atoms with van der Waals surface area (Å²) >= 11 is 0. The fraction of sp³-hybridized carbons (Fsp3) is 0.652. The minimum Gasteiger partial charge on any atom is -0.251 e. The van der Waals surface area contributed by atoms with E-state index in [1.165, 1.54) is 25.7 Å². The van der Waals surface area contributed by atoms with Gasteiger partial charge in [0.25, 0.3) is 0 Å². The fourth-order valence-corrected chi connectivity index (χ4v) is 5.27. The molecular formula is C23H30F4. The van der Waals surface area contributed by atoms with Gasteiger partial charge >= 0.3 is 0 Å². The molecule has 2 saturated carbocycles. The largest absolute Gasteiger partial charge is 0.251 e. The van der Waals surface area contributed by atoms with Gasteiger partial charge in [0.2, 0.25) is 0 Å². The zero-order valence-electron chi connectivity index (χ0n) is 16.1. The first-order valence-electron chi connectivity index (χ1n) is 10.4. The number of alkyl halides is 1. The lowest BCUT2D eigenvalue weighted by Gasteiger charge is -2.38. The van der Waals surface area contributed by atoms with E-state index in [1.54, 1.807) is 6.92 Å². The third kappa shape index (κ3) is 4.75. The molecule has 3 rings (SSSR count). The summed E-state index contributed by atoms with van der Waals surface area (Å²) in [4.78, 5) is 0. The van der Waals surface area contributed by atoms with E-state index in [4.69, 9.17) is 0 Å². The molecule has 4 heteroatoms. The summed E-state index contributed by atoms with van der Waals surface area (Å²) in [5.41, 5.74) is 0.907. The molecule has 27 heavy (non-hydrogen) atoms. The van der Waals surface area contributed by atoms with Crippen LogP contribution >= 0.6 is 0 Å². The van der Waals surface area contributed by atoms with Crippen molar-refractivity contribution < 1.29 is 17.6 Å². The standard InChI is InChI=1S/C23H30F4/c1-15-14-20(25)22(26)23(27)21(15)19-11-9-18(10-12-19)17-7-5-16(6-8-17)4-2-3-13-24/h2,4,14,16-19H,3,5-13H2,1H3/b4-2+/t16-,17-,18?,19?. The normalized spacial score (nSPS) is 29.4. The number of benzene rings is 1. The van der Waals surface area contributed by atoms with Crippen molar-refractivity contribution in [1.29, 1.82) is 0 Å². The molecular weight excluding hydrogens is 352 g/mol. The quantitative estimate of drug-likeness (QED) is 0.283. The van der Waals surface area contributed by atoms with Crippen molar-refractivity contribution in [2.24, 2.45) is 17.8 Å². The van der Waals surface area contributed by atoms with Gasteiger partial charge in [-0.15, -0.1) is 0 Å². The van der Waals surface area contributed by atoms with Gasteiger partial charge in [-0.1, -0.05) is 12.2 Å². The van der Waals surface area contributed by atoms with Gasteiger partial charge in [0.1, 0.15) is 0 Å². The van der Waals surface area contributed by atoms with Crippen LogP contribution in [0.25, 0.3) is 0 Å². The molecule has 0 bridgehead atoms. The highest BCUT2D eigenvalue weighted by molar-refractivity contribution is 5.33. The number of halogens is 4. The molecule has 150 valence electrons. The second-order valence-corrected chi connectivity index (χ2v) is 8.41. The molecule has 1 aromatic carbocycles. The molecule has 2 aliphatic rings. The molecule has 0 nitrogen and oxygen atoms in total. The first-order valence-corrected chi connectivity index (χ1v) is 10.4. The number of allylic oxidation sites excluding steroid dienone is 2. The van der Waals surface area contributed by atoms with Crippen LogP contribution in [0.4, 0.5) is 17.6 Å². The Morgan fingerprint density at radius 3 is 2.07 bits per heavy atom. The van der Waals surface area contributed by atoms with Gasteiger partial charge in [0.05, 0.1) is 6.67 Å². The van der Waals surface area contributed by atoms with Crippen molar-refractivity contribution in [3.63, 3.8) is 0 Å². The summed E-state index contributed by atoms with van der Waals surface area (Å²) in [7, 11) is 0. The van der Waals surface area contributed by atoms with Crippen LogP contribution in [0, 0.1) is 42.1 Å². The van der Waals surface area contributed by atoms with E-state index in [-0.39, 0.29) is 12.6 Å². The minimum atomic E-state index is -1.34. The molecule has 0 spiro atoms. The maximum atomic E-state index is 14.3. The lowest BCUT2D eigenvalue weighted by molar-refractivity contribution is 0.170. The predicted octanol–water partition coefficient (Wildman–Crippen LogP) is 7.41. The van der Waals surface area contributed by atoms with Crippen LogP contribution < -0.4 is 0 Å². The van der Waals surface area contributed by atoms with Crippen LogP contribution in [0.5, 0.6) is 0 Å². The highest BCUT2D eigenvalue weighted by atomic mass is 19.2. The van der Waals surface area contributed by atoms with Crippen LogP contribution in [0.15, 0.2) is 18.2 Å². The molecule has 0 heterocycles. The second-order valence-electron chi connectivity index (χ2n) is 8.41.